The van der Waals surface area contributed by atoms with Crippen molar-refractivity contribution in [1.29, 1.82) is 0 Å². The molecule has 0 atom stereocenters. The Morgan fingerprint density at radius 1 is 1.33 bits per heavy atom. The first kappa shape index (κ1) is 15.6. The summed E-state index contributed by atoms with van der Waals surface area (Å²) in [5.41, 5.74) is 0.931. The molecule has 0 heterocycles. The molecule has 102 valence electrons. The predicted octanol–water partition coefficient (Wildman–Crippen LogP) is 2.03. The van der Waals surface area contributed by atoms with Crippen LogP contribution < -0.4 is 0 Å². The first-order chi connectivity index (χ1) is 8.48. The number of rotatable bonds is 7. The zero-order chi connectivity index (χ0) is 13.6. The summed E-state index contributed by atoms with van der Waals surface area (Å²) in [6.07, 6.45) is 0. The van der Waals surface area contributed by atoms with E-state index in [-0.39, 0.29) is 0 Å². The molecular formula is C12H18BrNO3S. The summed E-state index contributed by atoms with van der Waals surface area (Å²) in [4.78, 5) is 0.325. The highest BCUT2D eigenvalue weighted by Crippen LogP contribution is 2.15. The third-order valence-electron chi connectivity index (χ3n) is 2.47. The fraction of sp³-hybridized carbons (Fsp3) is 0.500. The molecule has 1 aromatic rings. The van der Waals surface area contributed by atoms with Crippen LogP contribution >= 0.6 is 15.9 Å². The fourth-order valence-electron chi connectivity index (χ4n) is 1.43. The van der Waals surface area contributed by atoms with Gasteiger partial charge in [-0.1, -0.05) is 28.1 Å². The Morgan fingerprint density at radius 3 is 2.67 bits per heavy atom. The lowest BCUT2D eigenvalue weighted by Gasteiger charge is -2.17. The number of likely N-dealkylation sites (N-methyl/N-ethyl adjacent to an activating group) is 1. The fourth-order valence-corrected chi connectivity index (χ4v) is 2.91. The zero-order valence-corrected chi connectivity index (χ0v) is 13.0. The van der Waals surface area contributed by atoms with Crippen molar-refractivity contribution in [1.82, 2.24) is 4.31 Å². The molecule has 1 rings (SSSR count). The van der Waals surface area contributed by atoms with Gasteiger partial charge in [0.2, 0.25) is 10.0 Å². The average Bonchev–Trinajstić information content (AvgIpc) is 2.34. The van der Waals surface area contributed by atoms with Crippen LogP contribution in [0.4, 0.5) is 0 Å². The highest BCUT2D eigenvalue weighted by molar-refractivity contribution is 9.09. The van der Waals surface area contributed by atoms with Crippen molar-refractivity contribution in [2.45, 2.75) is 11.8 Å². The maximum absolute atomic E-state index is 12.2. The van der Waals surface area contributed by atoms with Crippen LogP contribution in [-0.4, -0.2) is 44.9 Å². The number of halogens is 1. The Kier molecular flexibility index (Phi) is 6.28. The van der Waals surface area contributed by atoms with Gasteiger partial charge in [-0.3, -0.25) is 0 Å². The molecule has 6 heteroatoms. The van der Waals surface area contributed by atoms with Gasteiger partial charge in [0.25, 0.3) is 0 Å². The van der Waals surface area contributed by atoms with Crippen molar-refractivity contribution in [3.8, 4) is 0 Å². The first-order valence-electron chi connectivity index (χ1n) is 5.65. The minimum absolute atomic E-state index is 0.325. The molecule has 0 saturated heterocycles. The molecule has 0 saturated carbocycles. The smallest absolute Gasteiger partial charge is 0.242 e. The van der Waals surface area contributed by atoms with E-state index in [9.17, 15) is 8.42 Å². The summed E-state index contributed by atoms with van der Waals surface area (Å²) < 4.78 is 31.0. The molecular weight excluding hydrogens is 318 g/mol. The van der Waals surface area contributed by atoms with Crippen molar-refractivity contribution >= 4 is 26.0 Å². The maximum atomic E-state index is 12.2. The third kappa shape index (κ3) is 4.35. The number of nitrogens with zero attached hydrogens (tertiary/aromatic N) is 1. The Balaban J connectivity index is 2.68. The van der Waals surface area contributed by atoms with E-state index in [1.165, 1.54) is 4.31 Å². The Bertz CT molecular complexity index is 476. The van der Waals surface area contributed by atoms with Gasteiger partial charge in [0.15, 0.2) is 0 Å². The second-order valence-corrected chi connectivity index (χ2v) is 6.78. The van der Waals surface area contributed by atoms with Gasteiger partial charge in [-0.2, -0.15) is 4.31 Å². The van der Waals surface area contributed by atoms with E-state index in [4.69, 9.17) is 4.74 Å². The molecule has 18 heavy (non-hydrogen) atoms. The van der Waals surface area contributed by atoms with Gasteiger partial charge in [0.05, 0.1) is 18.1 Å². The highest BCUT2D eigenvalue weighted by Gasteiger charge is 2.20. The Hall–Kier alpha value is -0.430. The normalized spacial score (nSPS) is 12.0. The minimum atomic E-state index is -3.41. The second kappa shape index (κ2) is 7.23. The van der Waals surface area contributed by atoms with Crippen molar-refractivity contribution in [3.05, 3.63) is 29.8 Å². The van der Waals surface area contributed by atoms with Crippen LogP contribution in [-0.2, 0) is 14.8 Å². The molecule has 0 spiro atoms. The largest absolute Gasteiger partial charge is 0.379 e. The van der Waals surface area contributed by atoms with Crippen LogP contribution in [0.25, 0.3) is 0 Å². The summed E-state index contributed by atoms with van der Waals surface area (Å²) in [5.74, 6) is 0. The number of hydrogen-bond donors (Lipinski definition) is 0. The topological polar surface area (TPSA) is 46.6 Å². The van der Waals surface area contributed by atoms with Crippen LogP contribution in [0, 0.1) is 6.92 Å². The summed E-state index contributed by atoms with van der Waals surface area (Å²) in [6.45, 7) is 3.20. The molecule has 0 aromatic heterocycles. The zero-order valence-electron chi connectivity index (χ0n) is 10.6. The van der Waals surface area contributed by atoms with Gasteiger partial charge in [-0.25, -0.2) is 8.42 Å². The molecule has 0 aliphatic carbocycles. The van der Waals surface area contributed by atoms with Crippen LogP contribution in [0.15, 0.2) is 29.2 Å². The van der Waals surface area contributed by atoms with E-state index < -0.39 is 10.0 Å². The molecule has 0 radical (unpaired) electrons. The van der Waals surface area contributed by atoms with Crippen LogP contribution in [0.5, 0.6) is 0 Å². The number of sulfonamides is 1. The Labute approximate surface area is 117 Å². The maximum Gasteiger partial charge on any atom is 0.242 e. The van der Waals surface area contributed by atoms with E-state index >= 15 is 0 Å². The van der Waals surface area contributed by atoms with Gasteiger partial charge in [0.1, 0.15) is 0 Å². The van der Waals surface area contributed by atoms with Crippen LogP contribution in [0.1, 0.15) is 5.56 Å². The first-order valence-corrected chi connectivity index (χ1v) is 8.21. The predicted molar refractivity (Wildman–Crippen MR) is 75.6 cm³/mol. The van der Waals surface area contributed by atoms with Crippen molar-refractivity contribution in [2.24, 2.45) is 0 Å². The molecule has 0 unspecified atom stereocenters. The lowest BCUT2D eigenvalue weighted by Crippen LogP contribution is -2.30. The number of ether oxygens (including phenoxy) is 1. The quantitative estimate of drug-likeness (QED) is 0.565. The van der Waals surface area contributed by atoms with Crippen LogP contribution in [0.3, 0.4) is 0 Å². The number of alkyl halides is 1. The van der Waals surface area contributed by atoms with Crippen LogP contribution in [0.2, 0.25) is 0 Å². The number of aryl methyl sites for hydroxylation is 1. The molecule has 4 nitrogen and oxygen atoms in total. The summed E-state index contributed by atoms with van der Waals surface area (Å²) in [6, 6.07) is 6.90. The Morgan fingerprint density at radius 2 is 2.06 bits per heavy atom. The summed E-state index contributed by atoms with van der Waals surface area (Å²) in [5, 5.41) is 0.751. The molecule has 0 aliphatic rings. The van der Waals surface area contributed by atoms with E-state index in [2.05, 4.69) is 15.9 Å². The lowest BCUT2D eigenvalue weighted by atomic mass is 10.2. The highest BCUT2D eigenvalue weighted by atomic mass is 79.9. The second-order valence-electron chi connectivity index (χ2n) is 3.94. The molecule has 0 N–H and O–H groups in total. The minimum Gasteiger partial charge on any atom is -0.379 e. The van der Waals surface area contributed by atoms with Gasteiger partial charge in [0, 0.05) is 18.9 Å². The SMILES string of the molecule is Cc1cccc(S(=O)(=O)N(C)CCOCCBr)c1. The van der Waals surface area contributed by atoms with E-state index in [0.29, 0.717) is 24.7 Å². The lowest BCUT2D eigenvalue weighted by molar-refractivity contribution is 0.141. The van der Waals surface area contributed by atoms with Crippen molar-refractivity contribution < 1.29 is 13.2 Å². The van der Waals surface area contributed by atoms with Gasteiger partial charge in [-0.05, 0) is 24.6 Å². The summed E-state index contributed by atoms with van der Waals surface area (Å²) >= 11 is 3.24. The van der Waals surface area contributed by atoms with Gasteiger partial charge < -0.3 is 4.74 Å². The standard InChI is InChI=1S/C12H18BrNO3S/c1-11-4-3-5-12(10-11)18(15,16)14(2)7-9-17-8-6-13/h3-5,10H,6-9H2,1-2H3. The molecule has 1 aromatic carbocycles. The van der Waals surface area contributed by atoms with Crippen molar-refractivity contribution in [2.75, 3.05) is 32.1 Å². The number of benzene rings is 1. The molecule has 0 fully saturated rings. The molecule has 0 aliphatic heterocycles. The van der Waals surface area contributed by atoms with Crippen molar-refractivity contribution in [3.63, 3.8) is 0 Å². The third-order valence-corrected chi connectivity index (χ3v) is 4.65. The number of hydrogen-bond acceptors (Lipinski definition) is 3. The van der Waals surface area contributed by atoms with Gasteiger partial charge in [-0.15, -0.1) is 0 Å². The average molecular weight is 336 g/mol. The molecule has 0 bridgehead atoms. The van der Waals surface area contributed by atoms with Gasteiger partial charge >= 0.3 is 0 Å². The van der Waals surface area contributed by atoms with E-state index in [1.807, 2.05) is 13.0 Å². The monoisotopic (exact) mass is 335 g/mol. The van der Waals surface area contributed by atoms with E-state index in [0.717, 1.165) is 10.9 Å². The summed E-state index contributed by atoms with van der Waals surface area (Å²) in [7, 11) is -1.84. The molecule has 0 amide bonds. The van der Waals surface area contributed by atoms with E-state index in [1.54, 1.807) is 25.2 Å².